The number of halogens is 2. The number of hydrogen-bond acceptors (Lipinski definition) is 2. The molecule has 1 heterocycles. The molecule has 0 spiro atoms. The molecule has 0 bridgehead atoms. The Kier molecular flexibility index (Phi) is 8.02. The Hall–Kier alpha value is 0.500. The van der Waals surface area contributed by atoms with Crippen LogP contribution in [0.25, 0.3) is 0 Å². The topological polar surface area (TPSA) is 15.3 Å². The van der Waals surface area contributed by atoms with Gasteiger partial charge in [-0.2, -0.15) is 0 Å². The molecule has 2 fully saturated rings. The maximum Gasteiger partial charge on any atom is 0.0107 e. The molecule has 1 saturated carbocycles. The Morgan fingerprint density at radius 2 is 1.79 bits per heavy atom. The van der Waals surface area contributed by atoms with E-state index in [1.54, 1.807) is 0 Å². The van der Waals surface area contributed by atoms with Crippen LogP contribution in [0.5, 0.6) is 0 Å². The normalized spacial score (nSPS) is 24.0. The third-order valence-electron chi connectivity index (χ3n) is 3.17. The van der Waals surface area contributed by atoms with Crippen LogP contribution in [0.1, 0.15) is 25.7 Å². The first-order valence-corrected chi connectivity index (χ1v) is 5.38. The van der Waals surface area contributed by atoms with Gasteiger partial charge >= 0.3 is 0 Å². The average Bonchev–Trinajstić information content (AvgIpc) is 2.24. The van der Waals surface area contributed by atoms with Crippen LogP contribution in [-0.4, -0.2) is 37.6 Å². The second kappa shape index (κ2) is 7.75. The first-order valence-electron chi connectivity index (χ1n) is 5.38. The minimum Gasteiger partial charge on any atom is -0.315 e. The highest BCUT2D eigenvalue weighted by Crippen LogP contribution is 2.27. The van der Waals surface area contributed by atoms with E-state index in [0.717, 1.165) is 5.92 Å². The lowest BCUT2D eigenvalue weighted by molar-refractivity contribution is 0.186. The minimum atomic E-state index is 0. The van der Waals surface area contributed by atoms with Crippen LogP contribution >= 0.6 is 24.8 Å². The average molecular weight is 241 g/mol. The molecular weight excluding hydrogens is 219 g/mol. The number of rotatable bonds is 2. The summed E-state index contributed by atoms with van der Waals surface area (Å²) < 4.78 is 0. The third kappa shape index (κ3) is 4.35. The molecule has 0 aromatic rings. The van der Waals surface area contributed by atoms with E-state index in [1.807, 2.05) is 0 Å². The number of nitrogens with one attached hydrogen (secondary N) is 1. The van der Waals surface area contributed by atoms with Crippen LogP contribution in [0.2, 0.25) is 0 Å². The fraction of sp³-hybridized carbons (Fsp3) is 1.00. The first kappa shape index (κ1) is 14.5. The van der Waals surface area contributed by atoms with Crippen molar-refractivity contribution in [3.63, 3.8) is 0 Å². The molecule has 1 aliphatic carbocycles. The van der Waals surface area contributed by atoms with Crippen molar-refractivity contribution in [3.05, 3.63) is 0 Å². The summed E-state index contributed by atoms with van der Waals surface area (Å²) in [7, 11) is 0. The molecule has 1 aliphatic heterocycles. The molecule has 1 N–H and O–H groups in total. The quantitative estimate of drug-likeness (QED) is 0.794. The highest BCUT2D eigenvalue weighted by Gasteiger charge is 2.20. The lowest BCUT2D eigenvalue weighted by atomic mass is 9.85. The molecular formula is C10H22Cl2N2. The van der Waals surface area contributed by atoms with Crippen molar-refractivity contribution in [2.45, 2.75) is 25.7 Å². The molecule has 14 heavy (non-hydrogen) atoms. The summed E-state index contributed by atoms with van der Waals surface area (Å²) in [6.07, 6.45) is 5.80. The Labute approximate surface area is 99.6 Å². The van der Waals surface area contributed by atoms with Crippen molar-refractivity contribution in [1.29, 1.82) is 0 Å². The molecule has 2 nitrogen and oxygen atoms in total. The molecule has 86 valence electrons. The van der Waals surface area contributed by atoms with Gasteiger partial charge in [-0.25, -0.2) is 0 Å². The summed E-state index contributed by atoms with van der Waals surface area (Å²) >= 11 is 0. The van der Waals surface area contributed by atoms with Crippen molar-refractivity contribution in [2.75, 3.05) is 32.7 Å². The van der Waals surface area contributed by atoms with Crippen molar-refractivity contribution in [3.8, 4) is 0 Å². The monoisotopic (exact) mass is 240 g/mol. The molecule has 2 aliphatic rings. The lowest BCUT2D eigenvalue weighted by Gasteiger charge is -2.31. The molecule has 0 unspecified atom stereocenters. The van der Waals surface area contributed by atoms with Gasteiger partial charge in [0.25, 0.3) is 0 Å². The molecule has 0 amide bonds. The van der Waals surface area contributed by atoms with Crippen molar-refractivity contribution >= 4 is 24.8 Å². The van der Waals surface area contributed by atoms with E-state index < -0.39 is 0 Å². The van der Waals surface area contributed by atoms with Gasteiger partial charge in [0.1, 0.15) is 0 Å². The predicted molar refractivity (Wildman–Crippen MR) is 65.8 cm³/mol. The predicted octanol–water partition coefficient (Wildman–Crippen LogP) is 1.93. The van der Waals surface area contributed by atoms with Crippen LogP contribution < -0.4 is 5.32 Å². The summed E-state index contributed by atoms with van der Waals surface area (Å²) in [6, 6.07) is 0. The van der Waals surface area contributed by atoms with Crippen molar-refractivity contribution in [1.82, 2.24) is 10.2 Å². The van der Waals surface area contributed by atoms with E-state index >= 15 is 0 Å². The number of hydrogen-bond donors (Lipinski definition) is 1. The zero-order valence-electron chi connectivity index (χ0n) is 8.71. The van der Waals surface area contributed by atoms with Crippen LogP contribution in [0.3, 0.4) is 0 Å². The summed E-state index contributed by atoms with van der Waals surface area (Å²) in [6.45, 7) is 6.40. The van der Waals surface area contributed by atoms with Crippen LogP contribution in [-0.2, 0) is 0 Å². The van der Waals surface area contributed by atoms with Gasteiger partial charge in [-0.3, -0.25) is 0 Å². The van der Waals surface area contributed by atoms with E-state index in [0.29, 0.717) is 0 Å². The highest BCUT2D eigenvalue weighted by molar-refractivity contribution is 5.85. The van der Waals surface area contributed by atoms with E-state index in [2.05, 4.69) is 10.2 Å². The van der Waals surface area contributed by atoms with E-state index in [9.17, 15) is 0 Å². The van der Waals surface area contributed by atoms with Gasteiger partial charge in [0.15, 0.2) is 0 Å². The van der Waals surface area contributed by atoms with E-state index in [1.165, 1.54) is 58.4 Å². The van der Waals surface area contributed by atoms with Gasteiger partial charge in [-0.1, -0.05) is 6.42 Å². The molecule has 0 radical (unpaired) electrons. The van der Waals surface area contributed by atoms with Crippen LogP contribution in [0, 0.1) is 5.92 Å². The van der Waals surface area contributed by atoms with Gasteiger partial charge in [0.05, 0.1) is 0 Å². The molecule has 2 rings (SSSR count). The smallest absolute Gasteiger partial charge is 0.0107 e. The second-order valence-corrected chi connectivity index (χ2v) is 4.20. The van der Waals surface area contributed by atoms with Gasteiger partial charge in [-0.15, -0.1) is 24.8 Å². The fourth-order valence-electron chi connectivity index (χ4n) is 2.12. The Morgan fingerprint density at radius 1 is 1.00 bits per heavy atom. The SMILES string of the molecule is C1CC(CN2CCCNCC2)C1.Cl.Cl. The van der Waals surface area contributed by atoms with Gasteiger partial charge in [-0.05, 0) is 38.3 Å². The summed E-state index contributed by atoms with van der Waals surface area (Å²) in [5.41, 5.74) is 0. The van der Waals surface area contributed by atoms with Gasteiger partial charge in [0, 0.05) is 19.6 Å². The first-order chi connectivity index (χ1) is 5.95. The van der Waals surface area contributed by atoms with Gasteiger partial charge < -0.3 is 10.2 Å². The number of nitrogens with zero attached hydrogens (tertiary/aromatic N) is 1. The Morgan fingerprint density at radius 3 is 2.43 bits per heavy atom. The maximum atomic E-state index is 3.44. The van der Waals surface area contributed by atoms with Gasteiger partial charge in [0.2, 0.25) is 0 Å². The Balaban J connectivity index is 0.000000845. The van der Waals surface area contributed by atoms with Crippen LogP contribution in [0.15, 0.2) is 0 Å². The zero-order chi connectivity index (χ0) is 8.23. The second-order valence-electron chi connectivity index (χ2n) is 4.20. The van der Waals surface area contributed by atoms with Crippen LogP contribution in [0.4, 0.5) is 0 Å². The largest absolute Gasteiger partial charge is 0.315 e. The van der Waals surface area contributed by atoms with E-state index in [4.69, 9.17) is 0 Å². The summed E-state index contributed by atoms with van der Waals surface area (Å²) in [5, 5.41) is 3.44. The standard InChI is InChI=1S/C10H20N2.2ClH/c1-3-10(4-1)9-12-7-2-5-11-6-8-12;;/h10-11H,1-9H2;2*1H. The molecule has 1 saturated heterocycles. The Bertz CT molecular complexity index is 132. The minimum absolute atomic E-state index is 0. The zero-order valence-corrected chi connectivity index (χ0v) is 10.3. The lowest BCUT2D eigenvalue weighted by Crippen LogP contribution is -2.35. The highest BCUT2D eigenvalue weighted by atomic mass is 35.5. The maximum absolute atomic E-state index is 3.44. The molecule has 4 heteroatoms. The molecule has 0 aromatic carbocycles. The summed E-state index contributed by atoms with van der Waals surface area (Å²) in [5.74, 6) is 1.04. The van der Waals surface area contributed by atoms with Crippen molar-refractivity contribution < 1.29 is 0 Å². The fourth-order valence-corrected chi connectivity index (χ4v) is 2.12. The summed E-state index contributed by atoms with van der Waals surface area (Å²) in [4.78, 5) is 2.64. The van der Waals surface area contributed by atoms with E-state index in [-0.39, 0.29) is 24.8 Å². The van der Waals surface area contributed by atoms with Crippen molar-refractivity contribution in [2.24, 2.45) is 5.92 Å². The third-order valence-corrected chi connectivity index (χ3v) is 3.17. The molecule has 0 aromatic heterocycles. The molecule has 0 atom stereocenters.